The quantitative estimate of drug-likeness (QED) is 0.771. The molecule has 10 nitrogen and oxygen atoms in total. The minimum atomic E-state index is -0.333. The number of hydrogen-bond acceptors (Lipinski definition) is 6. The highest BCUT2D eigenvalue weighted by Crippen LogP contribution is 2.21. The average Bonchev–Trinajstić information content (AvgIpc) is 3.29. The van der Waals surface area contributed by atoms with Crippen molar-refractivity contribution in [2.24, 2.45) is 5.10 Å². The predicted octanol–water partition coefficient (Wildman–Crippen LogP) is 1.41. The molecular formula is C21H24N6O4. The molecule has 1 atom stereocenters. The Morgan fingerprint density at radius 1 is 1.13 bits per heavy atom. The van der Waals surface area contributed by atoms with Crippen LogP contribution in [-0.4, -0.2) is 65.7 Å². The zero-order valence-electron chi connectivity index (χ0n) is 17.4. The molecule has 2 N–H and O–H groups in total. The van der Waals surface area contributed by atoms with E-state index in [9.17, 15) is 14.4 Å². The Morgan fingerprint density at radius 2 is 1.84 bits per heavy atom. The number of furan rings is 1. The Balaban J connectivity index is 1.45. The molecule has 3 heterocycles. The molecule has 2 aliphatic heterocycles. The molecule has 1 saturated heterocycles. The SMILES string of the molecule is CC(=O)N(c1ccc(C2=NNC(=O)NC2C)cc1)N1CCN(C(=O)c2ccco2)CC1. The summed E-state index contributed by atoms with van der Waals surface area (Å²) in [7, 11) is 0. The van der Waals surface area contributed by atoms with Crippen LogP contribution >= 0.6 is 0 Å². The fourth-order valence-electron chi connectivity index (χ4n) is 3.79. The topological polar surface area (TPSA) is 110 Å². The first kappa shape index (κ1) is 20.6. The lowest BCUT2D eigenvalue weighted by atomic mass is 10.0. The van der Waals surface area contributed by atoms with E-state index in [1.807, 2.05) is 36.2 Å². The third kappa shape index (κ3) is 4.29. The molecule has 0 radical (unpaired) electrons. The van der Waals surface area contributed by atoms with Crippen LogP contribution in [0, 0.1) is 0 Å². The molecule has 10 heteroatoms. The molecule has 2 aromatic rings. The van der Waals surface area contributed by atoms with Crippen LogP contribution in [0.5, 0.6) is 0 Å². The first-order valence-corrected chi connectivity index (χ1v) is 10.1. The van der Waals surface area contributed by atoms with Crippen molar-refractivity contribution < 1.29 is 18.8 Å². The number of hydrogen-bond donors (Lipinski definition) is 2. The molecule has 0 saturated carbocycles. The van der Waals surface area contributed by atoms with Gasteiger partial charge in [0, 0.05) is 38.7 Å². The molecule has 4 rings (SSSR count). The molecule has 0 aliphatic carbocycles. The summed E-state index contributed by atoms with van der Waals surface area (Å²) in [6, 6.07) is 10.2. The number of nitrogens with one attached hydrogen (secondary N) is 2. The zero-order chi connectivity index (χ0) is 22.0. The van der Waals surface area contributed by atoms with E-state index in [4.69, 9.17) is 4.42 Å². The fourth-order valence-corrected chi connectivity index (χ4v) is 3.79. The van der Waals surface area contributed by atoms with Gasteiger partial charge in [0.15, 0.2) is 5.76 Å². The van der Waals surface area contributed by atoms with Gasteiger partial charge in [0.2, 0.25) is 5.91 Å². The third-order valence-electron chi connectivity index (χ3n) is 5.30. The van der Waals surface area contributed by atoms with E-state index in [0.717, 1.165) is 11.3 Å². The summed E-state index contributed by atoms with van der Waals surface area (Å²) in [5.41, 5.74) is 4.70. The van der Waals surface area contributed by atoms with Crippen LogP contribution in [0.1, 0.15) is 30.0 Å². The number of piperazine rings is 1. The van der Waals surface area contributed by atoms with Gasteiger partial charge in [0.1, 0.15) is 0 Å². The Hall–Kier alpha value is -3.66. The lowest BCUT2D eigenvalue weighted by Crippen LogP contribution is -2.56. The van der Waals surface area contributed by atoms with Gasteiger partial charge in [-0.25, -0.2) is 20.2 Å². The van der Waals surface area contributed by atoms with E-state index in [-0.39, 0.29) is 23.9 Å². The van der Waals surface area contributed by atoms with Crippen molar-refractivity contribution in [2.75, 3.05) is 31.2 Å². The number of carbonyl (C=O) groups excluding carboxylic acids is 3. The largest absolute Gasteiger partial charge is 0.459 e. The van der Waals surface area contributed by atoms with E-state index in [2.05, 4.69) is 15.8 Å². The van der Waals surface area contributed by atoms with Gasteiger partial charge in [-0.2, -0.15) is 5.10 Å². The Bertz CT molecular complexity index is 993. The van der Waals surface area contributed by atoms with Crippen LogP contribution in [-0.2, 0) is 4.79 Å². The number of carbonyl (C=O) groups is 3. The maximum Gasteiger partial charge on any atom is 0.335 e. The molecule has 162 valence electrons. The Kier molecular flexibility index (Phi) is 5.72. The first-order chi connectivity index (χ1) is 14.9. The summed E-state index contributed by atoms with van der Waals surface area (Å²) >= 11 is 0. The number of nitrogens with zero attached hydrogens (tertiary/aromatic N) is 4. The predicted molar refractivity (Wildman–Crippen MR) is 113 cm³/mol. The smallest absolute Gasteiger partial charge is 0.335 e. The van der Waals surface area contributed by atoms with Gasteiger partial charge in [-0.1, -0.05) is 12.1 Å². The number of hydrazone groups is 1. The van der Waals surface area contributed by atoms with E-state index in [1.54, 1.807) is 22.0 Å². The van der Waals surface area contributed by atoms with Crippen LogP contribution in [0.15, 0.2) is 52.2 Å². The minimum Gasteiger partial charge on any atom is -0.459 e. The van der Waals surface area contributed by atoms with Crippen LogP contribution in [0.4, 0.5) is 10.5 Å². The van der Waals surface area contributed by atoms with Crippen molar-refractivity contribution in [1.29, 1.82) is 0 Å². The summed E-state index contributed by atoms with van der Waals surface area (Å²) in [4.78, 5) is 38.0. The lowest BCUT2D eigenvalue weighted by Gasteiger charge is -2.40. The third-order valence-corrected chi connectivity index (χ3v) is 5.30. The number of amides is 4. The molecule has 1 aromatic carbocycles. The molecule has 0 bridgehead atoms. The number of urea groups is 1. The molecule has 31 heavy (non-hydrogen) atoms. The van der Waals surface area contributed by atoms with Crippen LogP contribution in [0.3, 0.4) is 0 Å². The maximum absolute atomic E-state index is 12.5. The summed E-state index contributed by atoms with van der Waals surface area (Å²) in [5, 5.41) is 10.5. The summed E-state index contributed by atoms with van der Waals surface area (Å²) < 4.78 is 5.20. The van der Waals surface area contributed by atoms with Gasteiger partial charge in [-0.15, -0.1) is 0 Å². The van der Waals surface area contributed by atoms with Crippen molar-refractivity contribution in [1.82, 2.24) is 20.7 Å². The van der Waals surface area contributed by atoms with Gasteiger partial charge in [0.05, 0.1) is 23.7 Å². The first-order valence-electron chi connectivity index (χ1n) is 10.1. The molecule has 1 aromatic heterocycles. The highest BCUT2D eigenvalue weighted by molar-refractivity contribution is 6.07. The number of hydrazine groups is 1. The van der Waals surface area contributed by atoms with Crippen LogP contribution in [0.25, 0.3) is 0 Å². The average molecular weight is 424 g/mol. The molecule has 4 amide bonds. The summed E-state index contributed by atoms with van der Waals surface area (Å²) in [5.74, 6) is 0.0559. The maximum atomic E-state index is 12.5. The fraction of sp³-hybridized carbons (Fsp3) is 0.333. The molecule has 1 fully saturated rings. The molecule has 2 aliphatic rings. The van der Waals surface area contributed by atoms with E-state index in [0.29, 0.717) is 37.7 Å². The van der Waals surface area contributed by atoms with Gasteiger partial charge in [-0.05, 0) is 31.2 Å². The minimum absolute atomic E-state index is 0.115. The van der Waals surface area contributed by atoms with Gasteiger partial charge in [-0.3, -0.25) is 9.59 Å². The van der Waals surface area contributed by atoms with Crippen LogP contribution in [0.2, 0.25) is 0 Å². The van der Waals surface area contributed by atoms with E-state index in [1.165, 1.54) is 13.2 Å². The van der Waals surface area contributed by atoms with Gasteiger partial charge in [0.25, 0.3) is 5.91 Å². The summed E-state index contributed by atoms with van der Waals surface area (Å²) in [6.45, 7) is 5.39. The second-order valence-electron chi connectivity index (χ2n) is 7.40. The molecular weight excluding hydrogens is 400 g/mol. The molecule has 1 unspecified atom stereocenters. The van der Waals surface area contributed by atoms with E-state index < -0.39 is 0 Å². The van der Waals surface area contributed by atoms with Crippen molar-refractivity contribution in [3.05, 3.63) is 54.0 Å². The Morgan fingerprint density at radius 3 is 2.42 bits per heavy atom. The molecule has 0 spiro atoms. The number of rotatable bonds is 4. The normalized spacial score (nSPS) is 19.3. The highest BCUT2D eigenvalue weighted by atomic mass is 16.3. The monoisotopic (exact) mass is 424 g/mol. The van der Waals surface area contributed by atoms with Crippen molar-refractivity contribution in [2.45, 2.75) is 19.9 Å². The lowest BCUT2D eigenvalue weighted by molar-refractivity contribution is -0.120. The van der Waals surface area contributed by atoms with Crippen molar-refractivity contribution in [3.8, 4) is 0 Å². The second kappa shape index (κ2) is 8.60. The zero-order valence-corrected chi connectivity index (χ0v) is 17.4. The van der Waals surface area contributed by atoms with Crippen molar-refractivity contribution in [3.63, 3.8) is 0 Å². The van der Waals surface area contributed by atoms with Gasteiger partial charge < -0.3 is 14.6 Å². The van der Waals surface area contributed by atoms with Gasteiger partial charge >= 0.3 is 6.03 Å². The number of anilines is 1. The number of benzene rings is 1. The standard InChI is InChI=1S/C21H24N6O4/c1-14-19(23-24-21(30)22-14)16-5-7-17(8-6-16)27(15(2)28)26-11-9-25(10-12-26)20(29)18-4-3-13-31-18/h3-8,13-14H,9-12H2,1-2H3,(H2,22,24,30). The van der Waals surface area contributed by atoms with Crippen LogP contribution < -0.4 is 15.8 Å². The van der Waals surface area contributed by atoms with E-state index >= 15 is 0 Å². The second-order valence-corrected chi connectivity index (χ2v) is 7.40. The van der Waals surface area contributed by atoms with Crippen molar-refractivity contribution >= 4 is 29.2 Å². The highest BCUT2D eigenvalue weighted by Gasteiger charge is 2.29. The summed E-state index contributed by atoms with van der Waals surface area (Å²) in [6.07, 6.45) is 1.48. The Labute approximate surface area is 179 Å².